The molecule has 0 spiro atoms. The van der Waals surface area contributed by atoms with Crippen LogP contribution in [-0.4, -0.2) is 41.1 Å². The standard InChI is InChI=1S/C25H27ClN2O5S/c1-18-8-7-11-23(19(18)2)33-15-14-27-25(29)17-28(20-12-13-24(32-3)22(26)16-20)34(30,31)21-9-5-4-6-10-21/h4-13,16H,14-15,17H2,1-3H3,(H,27,29). The van der Waals surface area contributed by atoms with Gasteiger partial charge in [-0.15, -0.1) is 0 Å². The minimum absolute atomic E-state index is 0.0630. The summed E-state index contributed by atoms with van der Waals surface area (Å²) in [6.45, 7) is 4.00. The number of nitrogens with zero attached hydrogens (tertiary/aromatic N) is 1. The number of carbonyl (C=O) groups excluding carboxylic acids is 1. The van der Waals surface area contributed by atoms with Crippen molar-refractivity contribution in [3.63, 3.8) is 0 Å². The molecule has 3 aromatic carbocycles. The van der Waals surface area contributed by atoms with Crippen LogP contribution in [0.1, 0.15) is 11.1 Å². The van der Waals surface area contributed by atoms with E-state index in [1.54, 1.807) is 30.3 Å². The van der Waals surface area contributed by atoms with E-state index < -0.39 is 22.5 Å². The zero-order valence-electron chi connectivity index (χ0n) is 19.2. The highest BCUT2D eigenvalue weighted by Gasteiger charge is 2.27. The molecule has 3 rings (SSSR count). The van der Waals surface area contributed by atoms with Crippen LogP contribution in [0.2, 0.25) is 5.02 Å². The van der Waals surface area contributed by atoms with Gasteiger partial charge in [0.1, 0.15) is 24.7 Å². The molecule has 1 amide bonds. The van der Waals surface area contributed by atoms with Crippen molar-refractivity contribution in [3.8, 4) is 11.5 Å². The molecule has 1 N–H and O–H groups in total. The maximum absolute atomic E-state index is 13.4. The Morgan fingerprint density at radius 2 is 1.74 bits per heavy atom. The normalized spacial score (nSPS) is 11.1. The van der Waals surface area contributed by atoms with Crippen LogP contribution in [-0.2, 0) is 14.8 Å². The molecule has 0 aromatic heterocycles. The van der Waals surface area contributed by atoms with E-state index in [2.05, 4.69) is 5.32 Å². The van der Waals surface area contributed by atoms with Gasteiger partial charge in [0.25, 0.3) is 10.0 Å². The third kappa shape index (κ3) is 6.01. The number of anilines is 1. The predicted molar refractivity (Wildman–Crippen MR) is 133 cm³/mol. The molecule has 0 saturated heterocycles. The van der Waals surface area contributed by atoms with E-state index in [1.807, 2.05) is 32.0 Å². The Labute approximate surface area is 205 Å². The fourth-order valence-electron chi connectivity index (χ4n) is 3.26. The lowest BCUT2D eigenvalue weighted by molar-refractivity contribution is -0.119. The van der Waals surface area contributed by atoms with Gasteiger partial charge in [0.05, 0.1) is 29.3 Å². The molecule has 0 aliphatic rings. The van der Waals surface area contributed by atoms with Crippen LogP contribution < -0.4 is 19.1 Å². The van der Waals surface area contributed by atoms with E-state index in [4.69, 9.17) is 21.1 Å². The number of halogens is 1. The summed E-state index contributed by atoms with van der Waals surface area (Å²) < 4.78 is 38.7. The molecule has 0 heterocycles. The summed E-state index contributed by atoms with van der Waals surface area (Å²) in [6, 6.07) is 18.2. The lowest BCUT2D eigenvalue weighted by atomic mass is 10.1. The smallest absolute Gasteiger partial charge is 0.264 e. The lowest BCUT2D eigenvalue weighted by Crippen LogP contribution is -2.42. The molecule has 0 unspecified atom stereocenters. The van der Waals surface area contributed by atoms with E-state index in [0.717, 1.165) is 21.2 Å². The Morgan fingerprint density at radius 3 is 2.41 bits per heavy atom. The molecule has 9 heteroatoms. The number of nitrogens with one attached hydrogen (secondary N) is 1. The van der Waals surface area contributed by atoms with Gasteiger partial charge in [-0.25, -0.2) is 8.42 Å². The van der Waals surface area contributed by atoms with Gasteiger partial charge < -0.3 is 14.8 Å². The molecule has 34 heavy (non-hydrogen) atoms. The van der Waals surface area contributed by atoms with Gasteiger partial charge in [0.2, 0.25) is 5.91 Å². The lowest BCUT2D eigenvalue weighted by Gasteiger charge is -2.24. The number of carbonyl (C=O) groups is 1. The van der Waals surface area contributed by atoms with Crippen molar-refractivity contribution in [1.82, 2.24) is 5.32 Å². The first-order chi connectivity index (χ1) is 16.2. The highest BCUT2D eigenvalue weighted by atomic mass is 35.5. The van der Waals surface area contributed by atoms with Gasteiger partial charge in [0, 0.05) is 0 Å². The fourth-order valence-corrected chi connectivity index (χ4v) is 4.95. The molecule has 0 aliphatic carbocycles. The molecular weight excluding hydrogens is 476 g/mol. The van der Waals surface area contributed by atoms with Crippen LogP contribution in [0.4, 0.5) is 5.69 Å². The summed E-state index contributed by atoms with van der Waals surface area (Å²) in [4.78, 5) is 12.8. The SMILES string of the molecule is COc1ccc(N(CC(=O)NCCOc2cccc(C)c2C)S(=O)(=O)c2ccccc2)cc1Cl. The molecular formula is C25H27ClN2O5S. The third-order valence-electron chi connectivity index (χ3n) is 5.28. The zero-order valence-corrected chi connectivity index (χ0v) is 20.8. The highest BCUT2D eigenvalue weighted by Crippen LogP contribution is 2.31. The molecule has 0 bridgehead atoms. The van der Waals surface area contributed by atoms with Gasteiger partial charge in [-0.1, -0.05) is 41.9 Å². The predicted octanol–water partition coefficient (Wildman–Crippen LogP) is 4.36. The first-order valence-corrected chi connectivity index (χ1v) is 12.4. The maximum Gasteiger partial charge on any atom is 0.264 e. The Hall–Kier alpha value is -3.23. The Balaban J connectivity index is 1.74. The number of ether oxygens (including phenoxy) is 2. The monoisotopic (exact) mass is 502 g/mol. The van der Waals surface area contributed by atoms with Crippen LogP contribution >= 0.6 is 11.6 Å². The molecule has 7 nitrogen and oxygen atoms in total. The number of hydrogen-bond acceptors (Lipinski definition) is 5. The summed E-state index contributed by atoms with van der Waals surface area (Å²) in [5, 5.41) is 2.95. The summed E-state index contributed by atoms with van der Waals surface area (Å²) in [6.07, 6.45) is 0. The molecule has 3 aromatic rings. The molecule has 0 atom stereocenters. The highest BCUT2D eigenvalue weighted by molar-refractivity contribution is 7.92. The minimum atomic E-state index is -4.03. The summed E-state index contributed by atoms with van der Waals surface area (Å²) in [5.41, 5.74) is 2.39. The summed E-state index contributed by atoms with van der Waals surface area (Å²) in [7, 11) is -2.56. The molecule has 0 radical (unpaired) electrons. The van der Waals surface area contributed by atoms with Crippen molar-refractivity contribution < 1.29 is 22.7 Å². The Kier molecular flexibility index (Phi) is 8.41. The second-order valence-corrected chi connectivity index (χ2v) is 9.81. The van der Waals surface area contributed by atoms with E-state index in [1.165, 1.54) is 25.3 Å². The number of rotatable bonds is 10. The van der Waals surface area contributed by atoms with Gasteiger partial charge in [-0.05, 0) is 61.4 Å². The number of sulfonamides is 1. The van der Waals surface area contributed by atoms with Gasteiger partial charge >= 0.3 is 0 Å². The summed E-state index contributed by atoms with van der Waals surface area (Å²) in [5.74, 6) is 0.668. The number of hydrogen-bond donors (Lipinski definition) is 1. The Bertz CT molecular complexity index is 1250. The third-order valence-corrected chi connectivity index (χ3v) is 7.36. The van der Waals surface area contributed by atoms with Crippen molar-refractivity contribution in [2.24, 2.45) is 0 Å². The van der Waals surface area contributed by atoms with Crippen molar-refractivity contribution in [2.45, 2.75) is 18.7 Å². The fraction of sp³-hybridized carbons (Fsp3) is 0.240. The summed E-state index contributed by atoms with van der Waals surface area (Å²) >= 11 is 6.23. The van der Waals surface area contributed by atoms with Crippen LogP contribution in [0.15, 0.2) is 71.6 Å². The quantitative estimate of drug-likeness (QED) is 0.416. The van der Waals surface area contributed by atoms with Crippen LogP contribution in [0, 0.1) is 13.8 Å². The van der Waals surface area contributed by atoms with E-state index in [9.17, 15) is 13.2 Å². The molecule has 0 aliphatic heterocycles. The van der Waals surface area contributed by atoms with E-state index in [-0.39, 0.29) is 28.8 Å². The van der Waals surface area contributed by atoms with E-state index >= 15 is 0 Å². The van der Waals surface area contributed by atoms with Gasteiger partial charge in [-0.2, -0.15) is 0 Å². The van der Waals surface area contributed by atoms with Gasteiger partial charge in [0.15, 0.2) is 0 Å². The topological polar surface area (TPSA) is 84.9 Å². The van der Waals surface area contributed by atoms with E-state index in [0.29, 0.717) is 5.75 Å². The van der Waals surface area contributed by atoms with Crippen LogP contribution in [0.5, 0.6) is 11.5 Å². The van der Waals surface area contributed by atoms with Gasteiger partial charge in [-0.3, -0.25) is 9.10 Å². The van der Waals surface area contributed by atoms with Crippen LogP contribution in [0.25, 0.3) is 0 Å². The molecule has 180 valence electrons. The minimum Gasteiger partial charge on any atom is -0.495 e. The second kappa shape index (κ2) is 11.3. The van der Waals surface area contributed by atoms with Crippen molar-refractivity contribution in [2.75, 3.05) is 31.1 Å². The average molecular weight is 503 g/mol. The second-order valence-electron chi connectivity index (χ2n) is 7.54. The number of aryl methyl sites for hydroxylation is 1. The first kappa shape index (κ1) is 25.4. The number of benzene rings is 3. The van der Waals surface area contributed by atoms with Crippen molar-refractivity contribution in [3.05, 3.63) is 82.9 Å². The van der Waals surface area contributed by atoms with Crippen LogP contribution in [0.3, 0.4) is 0 Å². The number of amides is 1. The van der Waals surface area contributed by atoms with Crippen molar-refractivity contribution in [1.29, 1.82) is 0 Å². The maximum atomic E-state index is 13.4. The Morgan fingerprint density at radius 1 is 1.00 bits per heavy atom. The molecule has 0 saturated carbocycles. The zero-order chi connectivity index (χ0) is 24.7. The van der Waals surface area contributed by atoms with Crippen molar-refractivity contribution >= 4 is 33.2 Å². The largest absolute Gasteiger partial charge is 0.495 e. The molecule has 0 fully saturated rings. The first-order valence-electron chi connectivity index (χ1n) is 10.6. The number of methoxy groups -OCH3 is 1. The average Bonchev–Trinajstić information content (AvgIpc) is 2.83.